The molecule has 4 amide bonds. The van der Waals surface area contributed by atoms with Crippen LogP contribution < -0.4 is 11.1 Å². The molecule has 11 nitrogen and oxygen atoms in total. The first-order valence-electron chi connectivity index (χ1n) is 17.0. The summed E-state index contributed by atoms with van der Waals surface area (Å²) in [5.74, 6) is 0.0226. The molecule has 0 spiro atoms. The fourth-order valence-corrected chi connectivity index (χ4v) is 7.78. The van der Waals surface area contributed by atoms with Crippen LogP contribution in [-0.2, 0) is 29.0 Å². The first kappa shape index (κ1) is 32.8. The molecule has 1 aliphatic carbocycles. The summed E-state index contributed by atoms with van der Waals surface area (Å²) in [6.45, 7) is 2.98. The first-order valence-corrected chi connectivity index (χ1v) is 17.4. The molecule has 4 heterocycles. The van der Waals surface area contributed by atoms with Crippen LogP contribution >= 0.6 is 11.6 Å². The number of nitrogens with one attached hydrogen (secondary N) is 1. The number of likely N-dealkylation sites (tertiary alicyclic amines) is 1. The molecule has 2 atom stereocenters. The SMILES string of the molecule is NC(=O)N1CCC(CC(=O)N2CCN(C3c4ccc(Cl)cc4CCc4cccnc43)C(C(=O)Nc3cccc(Cn4ccnc4)c3)C2)CC1. The van der Waals surface area contributed by atoms with E-state index in [0.29, 0.717) is 49.9 Å². The molecule has 49 heavy (non-hydrogen) atoms. The van der Waals surface area contributed by atoms with Gasteiger partial charge in [0.15, 0.2) is 0 Å². The fourth-order valence-electron chi connectivity index (χ4n) is 7.58. The predicted molar refractivity (Wildman–Crippen MR) is 187 cm³/mol. The molecule has 12 heteroatoms. The number of aryl methyl sites for hydroxylation is 2. The van der Waals surface area contributed by atoms with Crippen LogP contribution in [-0.4, -0.2) is 85.8 Å². The lowest BCUT2D eigenvalue weighted by Gasteiger charge is -2.45. The number of halogens is 1. The van der Waals surface area contributed by atoms with Crippen LogP contribution in [0.5, 0.6) is 0 Å². The Kier molecular flexibility index (Phi) is 9.63. The Balaban J connectivity index is 1.18. The van der Waals surface area contributed by atoms with Crippen molar-refractivity contribution in [1.29, 1.82) is 0 Å². The Morgan fingerprint density at radius 1 is 0.918 bits per heavy atom. The van der Waals surface area contributed by atoms with Crippen molar-refractivity contribution in [2.75, 3.05) is 38.0 Å². The summed E-state index contributed by atoms with van der Waals surface area (Å²) in [7, 11) is 0. The van der Waals surface area contributed by atoms with Gasteiger partial charge < -0.3 is 25.4 Å². The van der Waals surface area contributed by atoms with E-state index in [9.17, 15) is 14.4 Å². The number of hydrogen-bond acceptors (Lipinski definition) is 6. The normalized spacial score (nSPS) is 19.9. The highest BCUT2D eigenvalue weighted by atomic mass is 35.5. The minimum atomic E-state index is -0.645. The number of carbonyl (C=O) groups is 3. The summed E-state index contributed by atoms with van der Waals surface area (Å²) in [6, 6.07) is 16.6. The van der Waals surface area contributed by atoms with E-state index in [1.54, 1.807) is 17.4 Å². The molecule has 0 saturated carbocycles. The van der Waals surface area contributed by atoms with Crippen molar-refractivity contribution in [3.05, 3.63) is 112 Å². The lowest BCUT2D eigenvalue weighted by Crippen LogP contribution is -2.60. The number of primary amides is 1. The average molecular weight is 681 g/mol. The van der Waals surface area contributed by atoms with E-state index in [-0.39, 0.29) is 30.3 Å². The van der Waals surface area contributed by atoms with E-state index in [0.717, 1.165) is 53.6 Å². The largest absolute Gasteiger partial charge is 0.351 e. The van der Waals surface area contributed by atoms with Crippen molar-refractivity contribution in [3.8, 4) is 0 Å². The van der Waals surface area contributed by atoms with Crippen LogP contribution in [0, 0.1) is 5.92 Å². The lowest BCUT2D eigenvalue weighted by atomic mass is 9.92. The first-order chi connectivity index (χ1) is 23.8. The van der Waals surface area contributed by atoms with Gasteiger partial charge in [-0.25, -0.2) is 9.78 Å². The molecule has 2 saturated heterocycles. The Morgan fingerprint density at radius 3 is 2.55 bits per heavy atom. The Labute approximate surface area is 291 Å². The van der Waals surface area contributed by atoms with Gasteiger partial charge in [-0.2, -0.15) is 0 Å². The topological polar surface area (TPSA) is 130 Å². The molecule has 2 aliphatic heterocycles. The maximum atomic E-state index is 14.5. The molecule has 2 unspecified atom stereocenters. The Hall–Kier alpha value is -4.74. The summed E-state index contributed by atoms with van der Waals surface area (Å²) in [6.07, 6.45) is 10.7. The minimum absolute atomic E-state index is 0.0314. The van der Waals surface area contributed by atoms with E-state index >= 15 is 0 Å². The highest BCUT2D eigenvalue weighted by Gasteiger charge is 2.42. The van der Waals surface area contributed by atoms with E-state index in [4.69, 9.17) is 22.3 Å². The third-order valence-corrected chi connectivity index (χ3v) is 10.4. The Morgan fingerprint density at radius 2 is 1.76 bits per heavy atom. The highest BCUT2D eigenvalue weighted by molar-refractivity contribution is 6.30. The molecular formula is C37H41ClN8O3. The fraction of sp³-hybridized carbons (Fsp3) is 0.378. The molecule has 3 aliphatic rings. The molecule has 254 valence electrons. The predicted octanol–water partition coefficient (Wildman–Crippen LogP) is 4.50. The standard InChI is InChI=1S/C37H41ClN8O3/c38-29-8-9-31-28(21-29)7-6-27-4-2-12-41-34(27)35(31)46-18-17-45(33(47)20-25-10-14-44(15-11-25)37(39)49)23-32(46)36(48)42-30-5-1-3-26(19-30)22-43-16-13-40-24-43/h1-5,8-9,12-13,16,19,21,24-25,32,35H,6-7,10-11,14-15,17-18,20,22-23H2,(H2,39,49)(H,42,48). The zero-order valence-corrected chi connectivity index (χ0v) is 28.1. The number of anilines is 1. The van der Waals surface area contributed by atoms with Gasteiger partial charge in [-0.3, -0.25) is 19.5 Å². The van der Waals surface area contributed by atoms with Gasteiger partial charge in [0.1, 0.15) is 6.04 Å². The summed E-state index contributed by atoms with van der Waals surface area (Å²) in [4.78, 5) is 54.6. The van der Waals surface area contributed by atoms with Gasteiger partial charge in [-0.1, -0.05) is 35.9 Å². The zero-order chi connectivity index (χ0) is 33.9. The number of pyridine rings is 1. The number of nitrogens with two attached hydrogens (primary N) is 1. The van der Waals surface area contributed by atoms with Crippen LogP contribution in [0.15, 0.2) is 79.5 Å². The zero-order valence-electron chi connectivity index (χ0n) is 27.4. The number of rotatable bonds is 7. The summed E-state index contributed by atoms with van der Waals surface area (Å²) < 4.78 is 1.98. The molecule has 7 rings (SSSR count). The van der Waals surface area contributed by atoms with Crippen molar-refractivity contribution < 1.29 is 14.4 Å². The summed E-state index contributed by atoms with van der Waals surface area (Å²) in [5.41, 5.74) is 11.5. The van der Waals surface area contributed by atoms with Crippen molar-refractivity contribution in [2.45, 2.75) is 50.7 Å². The minimum Gasteiger partial charge on any atom is -0.351 e. The van der Waals surface area contributed by atoms with Crippen molar-refractivity contribution >= 4 is 35.1 Å². The second-order valence-electron chi connectivity index (χ2n) is 13.3. The third-order valence-electron chi connectivity index (χ3n) is 10.2. The second kappa shape index (κ2) is 14.4. The maximum Gasteiger partial charge on any atom is 0.314 e. The highest BCUT2D eigenvalue weighted by Crippen LogP contribution is 2.39. The van der Waals surface area contributed by atoms with Gasteiger partial charge in [0.2, 0.25) is 11.8 Å². The average Bonchev–Trinajstić information content (AvgIpc) is 3.56. The molecule has 2 aromatic heterocycles. The number of carbonyl (C=O) groups excluding carboxylic acids is 3. The number of piperazine rings is 1. The van der Waals surface area contributed by atoms with Crippen LogP contribution in [0.25, 0.3) is 0 Å². The van der Waals surface area contributed by atoms with Gasteiger partial charge >= 0.3 is 6.03 Å². The number of imidazole rings is 1. The molecule has 4 aromatic rings. The number of hydrogen-bond donors (Lipinski definition) is 2. The molecule has 0 radical (unpaired) electrons. The smallest absolute Gasteiger partial charge is 0.314 e. The van der Waals surface area contributed by atoms with Crippen LogP contribution in [0.2, 0.25) is 5.02 Å². The lowest BCUT2D eigenvalue weighted by molar-refractivity contribution is -0.138. The number of fused-ring (bicyclic) bond motifs is 2. The number of piperidine rings is 1. The number of nitrogens with zero attached hydrogens (tertiary/aromatic N) is 6. The van der Waals surface area contributed by atoms with E-state index < -0.39 is 12.1 Å². The number of urea groups is 1. The quantitative estimate of drug-likeness (QED) is 0.296. The van der Waals surface area contributed by atoms with E-state index in [1.165, 1.54) is 0 Å². The molecule has 2 fully saturated rings. The summed E-state index contributed by atoms with van der Waals surface area (Å²) >= 11 is 6.49. The molecule has 2 aromatic carbocycles. The molecule has 0 bridgehead atoms. The summed E-state index contributed by atoms with van der Waals surface area (Å²) in [5, 5.41) is 3.87. The van der Waals surface area contributed by atoms with Crippen molar-refractivity contribution in [3.63, 3.8) is 0 Å². The maximum absolute atomic E-state index is 14.5. The van der Waals surface area contributed by atoms with Crippen molar-refractivity contribution in [1.82, 2.24) is 29.2 Å². The van der Waals surface area contributed by atoms with Crippen LogP contribution in [0.1, 0.15) is 53.3 Å². The van der Waals surface area contributed by atoms with Gasteiger partial charge in [0, 0.05) is 75.0 Å². The Bertz CT molecular complexity index is 1820. The second-order valence-corrected chi connectivity index (χ2v) is 13.7. The number of aromatic nitrogens is 3. The van der Waals surface area contributed by atoms with Gasteiger partial charge in [-0.15, -0.1) is 0 Å². The van der Waals surface area contributed by atoms with Gasteiger partial charge in [0.25, 0.3) is 0 Å². The van der Waals surface area contributed by atoms with Crippen molar-refractivity contribution in [2.24, 2.45) is 11.7 Å². The van der Waals surface area contributed by atoms with Crippen LogP contribution in [0.4, 0.5) is 10.5 Å². The number of benzene rings is 2. The third kappa shape index (κ3) is 7.33. The van der Waals surface area contributed by atoms with Gasteiger partial charge in [-0.05, 0) is 84.2 Å². The van der Waals surface area contributed by atoms with E-state index in [1.807, 2.05) is 64.3 Å². The molecule has 3 N–H and O–H groups in total. The molecular weight excluding hydrogens is 640 g/mol. The van der Waals surface area contributed by atoms with Crippen LogP contribution in [0.3, 0.4) is 0 Å². The van der Waals surface area contributed by atoms with E-state index in [2.05, 4.69) is 27.3 Å². The number of amides is 4. The van der Waals surface area contributed by atoms with Gasteiger partial charge in [0.05, 0.1) is 18.1 Å². The monoisotopic (exact) mass is 680 g/mol.